The maximum atomic E-state index is 6.50. The van der Waals surface area contributed by atoms with Crippen LogP contribution >= 0.6 is 0 Å². The van der Waals surface area contributed by atoms with Crippen molar-refractivity contribution in [1.82, 2.24) is 10.2 Å². The van der Waals surface area contributed by atoms with E-state index >= 15 is 0 Å². The molecular weight excluding hydrogens is 324 g/mol. The number of benzene rings is 2. The summed E-state index contributed by atoms with van der Waals surface area (Å²) in [7, 11) is 0. The molecule has 1 saturated carbocycles. The van der Waals surface area contributed by atoms with Gasteiger partial charge in [-0.2, -0.15) is 5.10 Å². The molecule has 0 amide bonds. The van der Waals surface area contributed by atoms with Crippen LogP contribution in [-0.2, 0) is 6.42 Å². The molecule has 5 rings (SSSR count). The van der Waals surface area contributed by atoms with Crippen molar-refractivity contribution in [2.75, 3.05) is 6.61 Å². The van der Waals surface area contributed by atoms with E-state index in [0.29, 0.717) is 0 Å². The highest BCUT2D eigenvalue weighted by molar-refractivity contribution is 5.78. The van der Waals surface area contributed by atoms with E-state index in [4.69, 9.17) is 9.47 Å². The van der Waals surface area contributed by atoms with Crippen LogP contribution < -0.4 is 9.47 Å². The van der Waals surface area contributed by atoms with Gasteiger partial charge in [0.2, 0.25) is 0 Å². The number of ether oxygens (including phenoxy) is 2. The summed E-state index contributed by atoms with van der Waals surface area (Å²) in [5, 5.41) is 8.36. The second-order valence-corrected chi connectivity index (χ2v) is 7.58. The molecule has 1 aliphatic carbocycles. The molecule has 0 spiro atoms. The molecule has 4 nitrogen and oxygen atoms in total. The third kappa shape index (κ3) is 3.05. The monoisotopic (exact) mass is 348 g/mol. The van der Waals surface area contributed by atoms with E-state index in [1.807, 2.05) is 6.20 Å². The molecule has 4 heteroatoms. The number of aromatic amines is 1. The highest BCUT2D eigenvalue weighted by atomic mass is 16.5. The minimum atomic E-state index is 0.0604. The fourth-order valence-electron chi connectivity index (χ4n) is 4.34. The lowest BCUT2D eigenvalue weighted by Crippen LogP contribution is -2.12. The summed E-state index contributed by atoms with van der Waals surface area (Å²) in [5.74, 6) is 2.63. The molecule has 1 unspecified atom stereocenters. The zero-order chi connectivity index (χ0) is 17.3. The molecular formula is C22H24N2O2. The van der Waals surface area contributed by atoms with Crippen molar-refractivity contribution in [3.8, 4) is 11.5 Å². The van der Waals surface area contributed by atoms with Gasteiger partial charge >= 0.3 is 0 Å². The molecule has 2 aromatic carbocycles. The number of nitrogens with zero attached hydrogens (tertiary/aromatic N) is 1. The second-order valence-electron chi connectivity index (χ2n) is 7.58. The van der Waals surface area contributed by atoms with Gasteiger partial charge in [0, 0.05) is 17.9 Å². The summed E-state index contributed by atoms with van der Waals surface area (Å²) in [6, 6.07) is 12.8. The van der Waals surface area contributed by atoms with Crippen LogP contribution in [0.5, 0.6) is 11.5 Å². The molecule has 0 saturated heterocycles. The van der Waals surface area contributed by atoms with Crippen LogP contribution in [0.2, 0.25) is 0 Å². The number of fused-ring (bicyclic) bond motifs is 2. The van der Waals surface area contributed by atoms with Gasteiger partial charge in [-0.05, 0) is 35.6 Å². The molecule has 26 heavy (non-hydrogen) atoms. The van der Waals surface area contributed by atoms with Gasteiger partial charge in [-0.3, -0.25) is 5.10 Å². The third-order valence-corrected chi connectivity index (χ3v) is 5.81. The predicted octanol–water partition coefficient (Wildman–Crippen LogP) is 5.20. The average Bonchev–Trinajstić information content (AvgIpc) is 3.41. The summed E-state index contributed by atoms with van der Waals surface area (Å²) in [4.78, 5) is 0. The van der Waals surface area contributed by atoms with Gasteiger partial charge in [-0.1, -0.05) is 43.9 Å². The number of nitrogens with one attached hydrogen (secondary N) is 1. The van der Waals surface area contributed by atoms with Crippen molar-refractivity contribution in [1.29, 1.82) is 0 Å². The fourth-order valence-corrected chi connectivity index (χ4v) is 4.34. The molecule has 1 aliphatic heterocycles. The molecule has 0 radical (unpaired) electrons. The Morgan fingerprint density at radius 3 is 3.00 bits per heavy atom. The minimum Gasteiger partial charge on any atom is -0.493 e. The van der Waals surface area contributed by atoms with E-state index < -0.39 is 0 Å². The number of rotatable bonds is 5. The van der Waals surface area contributed by atoms with E-state index in [1.165, 1.54) is 36.8 Å². The van der Waals surface area contributed by atoms with Crippen LogP contribution in [0.4, 0.5) is 0 Å². The third-order valence-electron chi connectivity index (χ3n) is 5.81. The Hall–Kier alpha value is -2.49. The van der Waals surface area contributed by atoms with E-state index in [2.05, 4.69) is 46.6 Å². The van der Waals surface area contributed by atoms with Crippen molar-refractivity contribution in [3.63, 3.8) is 0 Å². The van der Waals surface area contributed by atoms with Gasteiger partial charge in [0.1, 0.15) is 17.6 Å². The largest absolute Gasteiger partial charge is 0.493 e. The predicted molar refractivity (Wildman–Crippen MR) is 102 cm³/mol. The topological polar surface area (TPSA) is 47.1 Å². The zero-order valence-corrected chi connectivity index (χ0v) is 14.9. The first-order chi connectivity index (χ1) is 12.8. The molecule has 1 fully saturated rings. The Morgan fingerprint density at radius 2 is 2.08 bits per heavy atom. The van der Waals surface area contributed by atoms with Crippen molar-refractivity contribution < 1.29 is 9.47 Å². The first-order valence-corrected chi connectivity index (χ1v) is 9.70. The quantitative estimate of drug-likeness (QED) is 0.689. The van der Waals surface area contributed by atoms with Crippen LogP contribution in [0.25, 0.3) is 10.9 Å². The normalized spacial score (nSPS) is 18.0. The Labute approximate surface area is 153 Å². The average molecular weight is 348 g/mol. The van der Waals surface area contributed by atoms with Crippen LogP contribution in [-0.4, -0.2) is 16.8 Å². The smallest absolute Gasteiger partial charge is 0.126 e. The number of hydrogen-bond acceptors (Lipinski definition) is 3. The first-order valence-electron chi connectivity index (χ1n) is 9.70. The van der Waals surface area contributed by atoms with E-state index in [9.17, 15) is 0 Å². The molecule has 2 heterocycles. The number of aromatic nitrogens is 2. The summed E-state index contributed by atoms with van der Waals surface area (Å²) in [5.41, 5.74) is 3.57. The lowest BCUT2D eigenvalue weighted by atomic mass is 9.95. The van der Waals surface area contributed by atoms with Crippen LogP contribution in [0.3, 0.4) is 0 Å². The van der Waals surface area contributed by atoms with Crippen LogP contribution in [0.1, 0.15) is 49.3 Å². The number of hydrogen-bond donors (Lipinski definition) is 1. The summed E-state index contributed by atoms with van der Waals surface area (Å²) < 4.78 is 12.2. The minimum absolute atomic E-state index is 0.0604. The van der Waals surface area contributed by atoms with Crippen LogP contribution in [0, 0.1) is 5.92 Å². The van der Waals surface area contributed by atoms with Gasteiger partial charge in [-0.15, -0.1) is 0 Å². The lowest BCUT2D eigenvalue weighted by Gasteiger charge is -2.23. The van der Waals surface area contributed by atoms with Crippen molar-refractivity contribution in [2.24, 2.45) is 5.92 Å². The lowest BCUT2D eigenvalue weighted by molar-refractivity contribution is 0.170. The van der Waals surface area contributed by atoms with E-state index in [-0.39, 0.29) is 6.10 Å². The SMILES string of the molecule is c1cc2c(cc1OC(CC1CCCC1)c1ccc3cn[nH]c3c1)OCC2. The standard InChI is InChI=1S/C22H24N2O2/c1-2-4-15(3-1)11-22(17-5-6-18-14-23-24-20(18)12-17)26-19-8-7-16-9-10-25-21(16)13-19/h5-8,12-15,22H,1-4,9-11H2,(H,23,24). The fraction of sp³-hybridized carbons (Fsp3) is 0.409. The van der Waals surface area contributed by atoms with Gasteiger partial charge < -0.3 is 9.47 Å². The van der Waals surface area contributed by atoms with Gasteiger partial charge in [0.15, 0.2) is 0 Å². The molecule has 1 aromatic heterocycles. The van der Waals surface area contributed by atoms with Crippen molar-refractivity contribution in [2.45, 2.75) is 44.6 Å². The van der Waals surface area contributed by atoms with Crippen molar-refractivity contribution in [3.05, 3.63) is 53.7 Å². The summed E-state index contributed by atoms with van der Waals surface area (Å²) in [6.45, 7) is 0.779. The number of H-pyrrole nitrogens is 1. The molecule has 1 atom stereocenters. The van der Waals surface area contributed by atoms with Crippen LogP contribution in [0.15, 0.2) is 42.6 Å². The Balaban J connectivity index is 1.44. The van der Waals surface area contributed by atoms with E-state index in [0.717, 1.165) is 47.8 Å². The second kappa shape index (κ2) is 6.67. The molecule has 0 bridgehead atoms. The van der Waals surface area contributed by atoms with Gasteiger partial charge in [-0.25, -0.2) is 0 Å². The maximum absolute atomic E-state index is 6.50. The van der Waals surface area contributed by atoms with E-state index in [1.54, 1.807) is 0 Å². The highest BCUT2D eigenvalue weighted by Gasteiger charge is 2.24. The van der Waals surface area contributed by atoms with Gasteiger partial charge in [0.25, 0.3) is 0 Å². The Kier molecular flexibility index (Phi) is 4.04. The Bertz CT molecular complexity index is 911. The summed E-state index contributed by atoms with van der Waals surface area (Å²) in [6.07, 6.45) is 9.33. The molecule has 3 aromatic rings. The van der Waals surface area contributed by atoms with Gasteiger partial charge in [0.05, 0.1) is 18.3 Å². The first kappa shape index (κ1) is 15.7. The van der Waals surface area contributed by atoms with Crippen molar-refractivity contribution >= 4 is 10.9 Å². The molecule has 134 valence electrons. The maximum Gasteiger partial charge on any atom is 0.126 e. The zero-order valence-electron chi connectivity index (χ0n) is 14.9. The Morgan fingerprint density at radius 1 is 1.15 bits per heavy atom. The highest BCUT2D eigenvalue weighted by Crippen LogP contribution is 2.37. The summed E-state index contributed by atoms with van der Waals surface area (Å²) >= 11 is 0. The molecule has 2 aliphatic rings. The molecule has 1 N–H and O–H groups in total.